The Balaban J connectivity index is 1.31. The van der Waals surface area contributed by atoms with Crippen molar-refractivity contribution < 1.29 is 9.47 Å². The second kappa shape index (κ2) is 8.49. The molecule has 0 heterocycles. The standard InChI is InChI=1S/C28H44O2/c1-19(2)26(17-27(4,5)6)24-7-9-25(10-8-24)30-20(3)29-18-28-14-21-11-22(15-28)13-23(12-21)16-28/h7-10,19-23,26H,11-18H2,1-6H3. The molecule has 1 aromatic carbocycles. The van der Waals surface area contributed by atoms with Crippen molar-refractivity contribution in [2.45, 2.75) is 98.7 Å². The third kappa shape index (κ3) is 5.23. The molecule has 2 atom stereocenters. The molecule has 0 aromatic heterocycles. The molecule has 5 rings (SSSR count). The van der Waals surface area contributed by atoms with Gasteiger partial charge in [0.15, 0.2) is 6.29 Å². The Kier molecular flexibility index (Phi) is 6.28. The maximum absolute atomic E-state index is 6.29. The minimum atomic E-state index is -0.181. The smallest absolute Gasteiger partial charge is 0.196 e. The third-order valence-electron chi connectivity index (χ3n) is 8.04. The van der Waals surface area contributed by atoms with Crippen LogP contribution in [-0.4, -0.2) is 12.9 Å². The lowest BCUT2D eigenvalue weighted by Crippen LogP contribution is -2.48. The van der Waals surface area contributed by atoms with E-state index in [9.17, 15) is 0 Å². The quantitative estimate of drug-likeness (QED) is 0.405. The Morgan fingerprint density at radius 2 is 1.43 bits per heavy atom. The Bertz CT molecular complexity index is 661. The van der Waals surface area contributed by atoms with E-state index in [4.69, 9.17) is 9.47 Å². The van der Waals surface area contributed by atoms with Crippen LogP contribution in [0.3, 0.4) is 0 Å². The molecule has 0 aliphatic heterocycles. The molecule has 168 valence electrons. The van der Waals surface area contributed by atoms with Crippen molar-refractivity contribution in [3.63, 3.8) is 0 Å². The first kappa shape index (κ1) is 22.2. The van der Waals surface area contributed by atoms with Gasteiger partial charge in [-0.2, -0.15) is 0 Å². The number of rotatable bonds is 8. The predicted octanol–water partition coefficient (Wildman–Crippen LogP) is 7.82. The van der Waals surface area contributed by atoms with Gasteiger partial charge in [-0.25, -0.2) is 0 Å². The Labute approximate surface area is 185 Å². The molecule has 4 fully saturated rings. The predicted molar refractivity (Wildman–Crippen MR) is 125 cm³/mol. The van der Waals surface area contributed by atoms with Crippen LogP contribution in [-0.2, 0) is 4.74 Å². The molecule has 4 aliphatic rings. The minimum absolute atomic E-state index is 0.181. The molecule has 4 aliphatic carbocycles. The Morgan fingerprint density at radius 1 is 0.900 bits per heavy atom. The summed E-state index contributed by atoms with van der Waals surface area (Å²) in [6.07, 6.45) is 9.67. The van der Waals surface area contributed by atoms with Gasteiger partial charge in [-0.1, -0.05) is 46.8 Å². The summed E-state index contributed by atoms with van der Waals surface area (Å²) in [6, 6.07) is 8.80. The van der Waals surface area contributed by atoms with E-state index in [0.29, 0.717) is 22.7 Å². The summed E-state index contributed by atoms with van der Waals surface area (Å²) in [5.41, 5.74) is 2.21. The zero-order valence-corrected chi connectivity index (χ0v) is 20.2. The second-order valence-corrected chi connectivity index (χ2v) is 12.6. The summed E-state index contributed by atoms with van der Waals surface area (Å²) in [4.78, 5) is 0. The summed E-state index contributed by atoms with van der Waals surface area (Å²) < 4.78 is 12.4. The molecular formula is C28H44O2. The lowest BCUT2D eigenvalue weighted by atomic mass is 9.50. The van der Waals surface area contributed by atoms with Gasteiger partial charge in [0.2, 0.25) is 0 Å². The average molecular weight is 413 g/mol. The van der Waals surface area contributed by atoms with Crippen molar-refractivity contribution in [1.82, 2.24) is 0 Å². The lowest BCUT2D eigenvalue weighted by Gasteiger charge is -2.56. The molecular weight excluding hydrogens is 368 g/mol. The summed E-state index contributed by atoms with van der Waals surface area (Å²) in [6.45, 7) is 14.6. The van der Waals surface area contributed by atoms with Crippen molar-refractivity contribution in [2.75, 3.05) is 6.61 Å². The normalized spacial score (nSPS) is 32.4. The van der Waals surface area contributed by atoms with Crippen LogP contribution in [0.25, 0.3) is 0 Å². The molecule has 30 heavy (non-hydrogen) atoms. The second-order valence-electron chi connectivity index (χ2n) is 12.6. The van der Waals surface area contributed by atoms with Crippen LogP contribution in [0.4, 0.5) is 0 Å². The van der Waals surface area contributed by atoms with Gasteiger partial charge in [-0.15, -0.1) is 0 Å². The molecule has 0 radical (unpaired) electrons. The SMILES string of the molecule is CC(OCC12CC3CC(CC(C3)C1)C2)Oc1ccc(C(CC(C)(C)C)C(C)C)cc1. The van der Waals surface area contributed by atoms with E-state index >= 15 is 0 Å². The fraction of sp³-hybridized carbons (Fsp3) is 0.786. The molecule has 0 amide bonds. The van der Waals surface area contributed by atoms with Gasteiger partial charge in [0.25, 0.3) is 0 Å². The maximum Gasteiger partial charge on any atom is 0.196 e. The minimum Gasteiger partial charge on any atom is -0.465 e. The van der Waals surface area contributed by atoms with Gasteiger partial charge in [-0.3, -0.25) is 0 Å². The summed E-state index contributed by atoms with van der Waals surface area (Å²) in [7, 11) is 0. The fourth-order valence-electron chi connectivity index (χ4n) is 7.18. The van der Waals surface area contributed by atoms with Gasteiger partial charge in [0.1, 0.15) is 5.75 Å². The van der Waals surface area contributed by atoms with Crippen LogP contribution in [0.2, 0.25) is 0 Å². The maximum atomic E-state index is 6.29. The average Bonchev–Trinajstić information content (AvgIpc) is 2.63. The summed E-state index contributed by atoms with van der Waals surface area (Å²) in [5, 5.41) is 0. The monoisotopic (exact) mass is 412 g/mol. The zero-order chi connectivity index (χ0) is 21.5. The first-order chi connectivity index (χ1) is 14.1. The molecule has 2 nitrogen and oxygen atoms in total. The molecule has 2 unspecified atom stereocenters. The van der Waals surface area contributed by atoms with E-state index in [2.05, 4.69) is 65.8 Å². The van der Waals surface area contributed by atoms with Crippen molar-refractivity contribution in [3.05, 3.63) is 29.8 Å². The van der Waals surface area contributed by atoms with Crippen LogP contribution < -0.4 is 4.74 Å². The van der Waals surface area contributed by atoms with Crippen LogP contribution in [0.5, 0.6) is 5.75 Å². The highest BCUT2D eigenvalue weighted by Gasteiger charge is 2.51. The number of ether oxygens (including phenoxy) is 2. The van der Waals surface area contributed by atoms with E-state index in [-0.39, 0.29) is 6.29 Å². The van der Waals surface area contributed by atoms with Crippen LogP contribution >= 0.6 is 0 Å². The van der Waals surface area contributed by atoms with Gasteiger partial charge in [0, 0.05) is 0 Å². The Morgan fingerprint density at radius 3 is 1.90 bits per heavy atom. The van der Waals surface area contributed by atoms with E-state index in [1.54, 1.807) is 0 Å². The topological polar surface area (TPSA) is 18.5 Å². The summed E-state index contributed by atoms with van der Waals surface area (Å²) in [5.74, 6) is 5.08. The van der Waals surface area contributed by atoms with Gasteiger partial charge < -0.3 is 9.47 Å². The molecule has 0 N–H and O–H groups in total. The largest absolute Gasteiger partial charge is 0.465 e. The van der Waals surface area contributed by atoms with Crippen molar-refractivity contribution >= 4 is 0 Å². The highest BCUT2D eigenvalue weighted by molar-refractivity contribution is 5.30. The Hall–Kier alpha value is -1.02. The van der Waals surface area contributed by atoms with Gasteiger partial charge in [-0.05, 0) is 110 Å². The molecule has 0 saturated heterocycles. The van der Waals surface area contributed by atoms with E-state index in [1.807, 2.05) is 0 Å². The fourth-order valence-corrected chi connectivity index (χ4v) is 7.18. The molecule has 2 heteroatoms. The number of benzene rings is 1. The lowest BCUT2D eigenvalue weighted by molar-refractivity contribution is -0.146. The molecule has 4 bridgehead atoms. The zero-order valence-electron chi connectivity index (χ0n) is 20.2. The highest BCUT2D eigenvalue weighted by Crippen LogP contribution is 2.60. The van der Waals surface area contributed by atoms with Crippen LogP contribution in [0.15, 0.2) is 24.3 Å². The molecule has 4 saturated carbocycles. The molecule has 0 spiro atoms. The van der Waals surface area contributed by atoms with Crippen LogP contribution in [0, 0.1) is 34.5 Å². The first-order valence-corrected chi connectivity index (χ1v) is 12.5. The van der Waals surface area contributed by atoms with Crippen molar-refractivity contribution in [3.8, 4) is 5.75 Å². The van der Waals surface area contributed by atoms with Gasteiger partial charge >= 0.3 is 0 Å². The van der Waals surface area contributed by atoms with Crippen molar-refractivity contribution in [1.29, 1.82) is 0 Å². The third-order valence-corrected chi connectivity index (χ3v) is 8.04. The highest BCUT2D eigenvalue weighted by atomic mass is 16.7. The van der Waals surface area contributed by atoms with Gasteiger partial charge in [0.05, 0.1) is 6.61 Å². The van der Waals surface area contributed by atoms with E-state index < -0.39 is 0 Å². The van der Waals surface area contributed by atoms with Crippen LogP contribution in [0.1, 0.15) is 98.0 Å². The number of hydrogen-bond donors (Lipinski definition) is 0. The van der Waals surface area contributed by atoms with E-state index in [1.165, 1.54) is 50.5 Å². The molecule has 1 aromatic rings. The number of hydrogen-bond acceptors (Lipinski definition) is 2. The van der Waals surface area contributed by atoms with Crippen molar-refractivity contribution in [2.24, 2.45) is 34.5 Å². The first-order valence-electron chi connectivity index (χ1n) is 12.5. The summed E-state index contributed by atoms with van der Waals surface area (Å²) >= 11 is 0. The van der Waals surface area contributed by atoms with E-state index in [0.717, 1.165) is 30.1 Å².